The standard InChI is InChI=1S/C13H13BrFN3O/c1-7-4-10(15)9(14)5-12(7)18-11-2-3-19-6-8(11)13(16)17-18/h4-5H,2-3,6H2,1H3,(H2,16,17). The SMILES string of the molecule is Cc1cc(F)c(Br)cc1-n1nc(N)c2c1CCOC2. The minimum atomic E-state index is -0.279. The van der Waals surface area contributed by atoms with Crippen molar-refractivity contribution in [2.75, 3.05) is 12.3 Å². The van der Waals surface area contributed by atoms with Gasteiger partial charge in [-0.25, -0.2) is 9.07 Å². The number of nitrogens with two attached hydrogens (primary N) is 1. The smallest absolute Gasteiger partial charge is 0.151 e. The lowest BCUT2D eigenvalue weighted by atomic mass is 10.1. The van der Waals surface area contributed by atoms with Crippen LogP contribution in [0.15, 0.2) is 16.6 Å². The summed E-state index contributed by atoms with van der Waals surface area (Å²) < 4.78 is 21.1. The number of aromatic nitrogens is 2. The van der Waals surface area contributed by atoms with E-state index in [0.29, 0.717) is 23.5 Å². The number of fused-ring (bicyclic) bond motifs is 1. The van der Waals surface area contributed by atoms with Crippen molar-refractivity contribution in [2.24, 2.45) is 0 Å². The fourth-order valence-corrected chi connectivity index (χ4v) is 2.66. The molecule has 0 spiro atoms. The van der Waals surface area contributed by atoms with Crippen LogP contribution in [-0.4, -0.2) is 16.4 Å². The number of hydrogen-bond acceptors (Lipinski definition) is 3. The highest BCUT2D eigenvalue weighted by atomic mass is 79.9. The summed E-state index contributed by atoms with van der Waals surface area (Å²) >= 11 is 3.21. The highest BCUT2D eigenvalue weighted by Crippen LogP contribution is 2.29. The Morgan fingerprint density at radius 3 is 3.05 bits per heavy atom. The van der Waals surface area contributed by atoms with E-state index >= 15 is 0 Å². The summed E-state index contributed by atoms with van der Waals surface area (Å²) in [5.74, 6) is 0.202. The molecule has 19 heavy (non-hydrogen) atoms. The van der Waals surface area contributed by atoms with E-state index in [9.17, 15) is 4.39 Å². The van der Waals surface area contributed by atoms with E-state index in [2.05, 4.69) is 21.0 Å². The molecule has 3 rings (SSSR count). The van der Waals surface area contributed by atoms with Crippen LogP contribution in [0.2, 0.25) is 0 Å². The average molecular weight is 326 g/mol. The highest BCUT2D eigenvalue weighted by Gasteiger charge is 2.21. The van der Waals surface area contributed by atoms with Crippen LogP contribution >= 0.6 is 15.9 Å². The molecule has 2 heterocycles. The van der Waals surface area contributed by atoms with Crippen molar-refractivity contribution in [1.29, 1.82) is 0 Å². The molecule has 4 nitrogen and oxygen atoms in total. The number of hydrogen-bond donors (Lipinski definition) is 1. The summed E-state index contributed by atoms with van der Waals surface area (Å²) in [6.45, 7) is 3.00. The second-order valence-electron chi connectivity index (χ2n) is 4.58. The first-order chi connectivity index (χ1) is 9.08. The highest BCUT2D eigenvalue weighted by molar-refractivity contribution is 9.10. The molecule has 0 aliphatic carbocycles. The topological polar surface area (TPSA) is 53.1 Å². The van der Waals surface area contributed by atoms with Gasteiger partial charge in [-0.1, -0.05) is 0 Å². The van der Waals surface area contributed by atoms with E-state index in [1.165, 1.54) is 6.07 Å². The lowest BCUT2D eigenvalue weighted by molar-refractivity contribution is 0.110. The molecule has 0 saturated carbocycles. The maximum atomic E-state index is 13.5. The second-order valence-corrected chi connectivity index (χ2v) is 5.43. The number of rotatable bonds is 1. The van der Waals surface area contributed by atoms with Crippen molar-refractivity contribution in [3.05, 3.63) is 39.2 Å². The first-order valence-corrected chi connectivity index (χ1v) is 6.77. The third kappa shape index (κ3) is 2.04. The van der Waals surface area contributed by atoms with E-state index < -0.39 is 0 Å². The Kier molecular flexibility index (Phi) is 3.06. The van der Waals surface area contributed by atoms with Gasteiger partial charge in [0.2, 0.25) is 0 Å². The maximum Gasteiger partial charge on any atom is 0.151 e. The van der Waals surface area contributed by atoms with Crippen molar-refractivity contribution in [3.8, 4) is 5.69 Å². The van der Waals surface area contributed by atoms with E-state index in [-0.39, 0.29) is 5.82 Å². The molecule has 0 saturated heterocycles. The minimum Gasteiger partial charge on any atom is -0.382 e. The molecule has 6 heteroatoms. The summed E-state index contributed by atoms with van der Waals surface area (Å²) in [6, 6.07) is 3.22. The van der Waals surface area contributed by atoms with Gasteiger partial charge >= 0.3 is 0 Å². The van der Waals surface area contributed by atoms with Crippen molar-refractivity contribution in [1.82, 2.24) is 9.78 Å². The van der Waals surface area contributed by atoms with Gasteiger partial charge in [-0.05, 0) is 40.5 Å². The molecule has 1 aliphatic rings. The maximum absolute atomic E-state index is 13.5. The molecule has 0 unspecified atom stereocenters. The molecule has 0 bridgehead atoms. The summed E-state index contributed by atoms with van der Waals surface area (Å²) in [6.07, 6.45) is 0.758. The van der Waals surface area contributed by atoms with Gasteiger partial charge in [0.1, 0.15) is 5.82 Å². The predicted octanol–water partition coefficient (Wildman–Crippen LogP) is 2.74. The zero-order valence-electron chi connectivity index (χ0n) is 10.4. The third-order valence-electron chi connectivity index (χ3n) is 3.32. The zero-order valence-corrected chi connectivity index (χ0v) is 12.0. The Hall–Kier alpha value is -1.40. The van der Waals surface area contributed by atoms with Gasteiger partial charge in [0.15, 0.2) is 5.82 Å². The van der Waals surface area contributed by atoms with E-state index in [4.69, 9.17) is 10.5 Å². The van der Waals surface area contributed by atoms with Crippen molar-refractivity contribution in [2.45, 2.75) is 20.0 Å². The van der Waals surface area contributed by atoms with Crippen LogP contribution in [-0.2, 0) is 17.8 Å². The summed E-state index contributed by atoms with van der Waals surface area (Å²) in [5, 5.41) is 4.37. The van der Waals surface area contributed by atoms with Gasteiger partial charge in [-0.15, -0.1) is 0 Å². The summed E-state index contributed by atoms with van der Waals surface area (Å²) in [4.78, 5) is 0. The molecule has 0 atom stereocenters. The van der Waals surface area contributed by atoms with Crippen LogP contribution in [0.3, 0.4) is 0 Å². The summed E-state index contributed by atoms with van der Waals surface area (Å²) in [5.41, 5.74) is 9.56. The first kappa shape index (κ1) is 12.6. The molecule has 1 aromatic carbocycles. The molecule has 1 aliphatic heterocycles. The van der Waals surface area contributed by atoms with Crippen LogP contribution in [0.1, 0.15) is 16.8 Å². The quantitative estimate of drug-likeness (QED) is 0.877. The number of nitrogens with zero attached hydrogens (tertiary/aromatic N) is 2. The van der Waals surface area contributed by atoms with Crippen LogP contribution in [0.25, 0.3) is 5.69 Å². The molecule has 0 fully saturated rings. The third-order valence-corrected chi connectivity index (χ3v) is 3.93. The van der Waals surface area contributed by atoms with Gasteiger partial charge in [0, 0.05) is 12.0 Å². The Morgan fingerprint density at radius 2 is 2.26 bits per heavy atom. The van der Waals surface area contributed by atoms with Gasteiger partial charge in [0.05, 0.1) is 29.1 Å². The molecular formula is C13H13BrFN3O. The average Bonchev–Trinajstić information content (AvgIpc) is 2.72. The van der Waals surface area contributed by atoms with Gasteiger partial charge in [-0.3, -0.25) is 0 Å². The van der Waals surface area contributed by atoms with Gasteiger partial charge in [-0.2, -0.15) is 5.10 Å². The zero-order chi connectivity index (χ0) is 13.6. The monoisotopic (exact) mass is 325 g/mol. The van der Waals surface area contributed by atoms with E-state index in [1.54, 1.807) is 10.7 Å². The number of benzene rings is 1. The van der Waals surface area contributed by atoms with E-state index in [1.807, 2.05) is 6.92 Å². The van der Waals surface area contributed by atoms with Crippen LogP contribution in [0, 0.1) is 12.7 Å². The number of ether oxygens (including phenoxy) is 1. The Balaban J connectivity index is 2.20. The van der Waals surface area contributed by atoms with Crippen molar-refractivity contribution >= 4 is 21.7 Å². The fourth-order valence-electron chi connectivity index (χ4n) is 2.32. The number of aryl methyl sites for hydroxylation is 1. The second kappa shape index (κ2) is 4.61. The molecule has 2 N–H and O–H groups in total. The Labute approximate surface area is 118 Å². The van der Waals surface area contributed by atoms with Gasteiger partial charge in [0.25, 0.3) is 0 Å². The van der Waals surface area contributed by atoms with E-state index in [0.717, 1.165) is 28.9 Å². The minimum absolute atomic E-state index is 0.279. The number of anilines is 1. The molecule has 100 valence electrons. The Bertz CT molecular complexity index is 654. The van der Waals surface area contributed by atoms with Crippen LogP contribution in [0.4, 0.5) is 10.2 Å². The molecule has 0 amide bonds. The molecule has 2 aromatic rings. The summed E-state index contributed by atoms with van der Waals surface area (Å²) in [7, 11) is 0. The lowest BCUT2D eigenvalue weighted by Crippen LogP contribution is -2.13. The predicted molar refractivity (Wildman–Crippen MR) is 73.7 cm³/mol. The van der Waals surface area contributed by atoms with Crippen molar-refractivity contribution < 1.29 is 9.13 Å². The molecular weight excluding hydrogens is 313 g/mol. The Morgan fingerprint density at radius 1 is 1.47 bits per heavy atom. The fraction of sp³-hybridized carbons (Fsp3) is 0.308. The lowest BCUT2D eigenvalue weighted by Gasteiger charge is -2.16. The first-order valence-electron chi connectivity index (χ1n) is 5.98. The van der Waals surface area contributed by atoms with Gasteiger partial charge < -0.3 is 10.5 Å². The van der Waals surface area contributed by atoms with Crippen LogP contribution in [0.5, 0.6) is 0 Å². The normalized spacial score (nSPS) is 14.5. The molecule has 1 aromatic heterocycles. The van der Waals surface area contributed by atoms with Crippen molar-refractivity contribution in [3.63, 3.8) is 0 Å². The van der Waals surface area contributed by atoms with Crippen LogP contribution < -0.4 is 5.73 Å². The number of halogens is 2. The number of nitrogen functional groups attached to an aromatic ring is 1. The molecule has 0 radical (unpaired) electrons. The largest absolute Gasteiger partial charge is 0.382 e.